The van der Waals surface area contributed by atoms with Gasteiger partial charge in [0.2, 0.25) is 5.91 Å². The highest BCUT2D eigenvalue weighted by atomic mass is 32.1. The first kappa shape index (κ1) is 18.3. The molecule has 2 unspecified atom stereocenters. The lowest BCUT2D eigenvalue weighted by Crippen LogP contribution is -2.49. The third-order valence-corrected chi connectivity index (χ3v) is 6.70. The zero-order valence-electron chi connectivity index (χ0n) is 16.1. The predicted octanol–water partition coefficient (Wildman–Crippen LogP) is 2.52. The number of amides is 1. The van der Waals surface area contributed by atoms with Crippen molar-refractivity contribution in [1.29, 1.82) is 0 Å². The summed E-state index contributed by atoms with van der Waals surface area (Å²) in [4.78, 5) is 31.5. The van der Waals surface area contributed by atoms with Crippen LogP contribution in [0.2, 0.25) is 0 Å². The van der Waals surface area contributed by atoms with E-state index in [9.17, 15) is 9.59 Å². The van der Waals surface area contributed by atoms with Crippen LogP contribution in [-0.4, -0.2) is 47.1 Å². The highest BCUT2D eigenvalue weighted by Gasteiger charge is 2.35. The van der Waals surface area contributed by atoms with E-state index in [1.807, 2.05) is 34.9 Å². The van der Waals surface area contributed by atoms with Gasteiger partial charge in [-0.1, -0.05) is 17.4 Å². The molecule has 0 saturated carbocycles. The van der Waals surface area contributed by atoms with Crippen LogP contribution in [0, 0.1) is 5.92 Å². The Hall–Kier alpha value is -2.71. The predicted molar refractivity (Wildman–Crippen MR) is 113 cm³/mol. The molecule has 1 N–H and O–H groups in total. The summed E-state index contributed by atoms with van der Waals surface area (Å²) in [5.74, 6) is 1.43. The third-order valence-electron chi connectivity index (χ3n) is 5.76. The van der Waals surface area contributed by atoms with Gasteiger partial charge in [0.25, 0.3) is 5.56 Å². The summed E-state index contributed by atoms with van der Waals surface area (Å²) in [7, 11) is 1.63. The van der Waals surface area contributed by atoms with Crippen LogP contribution < -0.4 is 15.6 Å². The Morgan fingerprint density at radius 1 is 1.28 bits per heavy atom. The van der Waals surface area contributed by atoms with Gasteiger partial charge >= 0.3 is 0 Å². The Morgan fingerprint density at radius 2 is 2.17 bits per heavy atom. The second kappa shape index (κ2) is 7.27. The fourth-order valence-corrected chi connectivity index (χ4v) is 5.48. The number of fused-ring (bicyclic) bond motifs is 5. The molecule has 5 rings (SSSR count). The van der Waals surface area contributed by atoms with Crippen LogP contribution in [0.1, 0.15) is 18.0 Å². The second-order valence-electron chi connectivity index (χ2n) is 7.79. The van der Waals surface area contributed by atoms with E-state index in [-0.39, 0.29) is 11.5 Å². The minimum atomic E-state index is -0.0542. The number of piperidine rings is 1. The molecule has 0 aliphatic carbocycles. The number of benzene rings is 1. The number of carbonyl (C=O) groups excluding carboxylic acids is 1. The number of methoxy groups -OCH3 is 1. The van der Waals surface area contributed by atoms with Crippen molar-refractivity contribution in [2.75, 3.05) is 32.1 Å². The van der Waals surface area contributed by atoms with Gasteiger partial charge in [0.05, 0.1) is 23.9 Å². The summed E-state index contributed by atoms with van der Waals surface area (Å²) >= 11 is 1.45. The minimum absolute atomic E-state index is 0.0542. The number of hydrogen-bond donors (Lipinski definition) is 1. The quantitative estimate of drug-likeness (QED) is 0.715. The zero-order valence-corrected chi connectivity index (χ0v) is 16.9. The number of carbonyl (C=O) groups is 1. The normalized spacial score (nSPS) is 21.0. The molecule has 2 aliphatic heterocycles. The van der Waals surface area contributed by atoms with Gasteiger partial charge in [-0.3, -0.25) is 14.5 Å². The van der Waals surface area contributed by atoms with Gasteiger partial charge in [-0.05, 0) is 36.6 Å². The van der Waals surface area contributed by atoms with Crippen LogP contribution in [-0.2, 0) is 11.3 Å². The van der Waals surface area contributed by atoms with E-state index >= 15 is 0 Å². The van der Waals surface area contributed by atoms with E-state index in [4.69, 9.17) is 4.74 Å². The van der Waals surface area contributed by atoms with Crippen LogP contribution in [0.4, 0.5) is 5.13 Å². The molecule has 7 nitrogen and oxygen atoms in total. The average Bonchev–Trinajstić information content (AvgIpc) is 3.09. The third kappa shape index (κ3) is 3.54. The van der Waals surface area contributed by atoms with Gasteiger partial charge in [0.1, 0.15) is 5.75 Å². The molecule has 2 atom stereocenters. The van der Waals surface area contributed by atoms with Gasteiger partial charge in [0.15, 0.2) is 5.13 Å². The Balaban J connectivity index is 1.27. The fourth-order valence-electron chi connectivity index (χ4n) is 4.57. The second-order valence-corrected chi connectivity index (χ2v) is 8.82. The van der Waals surface area contributed by atoms with E-state index in [2.05, 4.69) is 15.2 Å². The molecule has 2 aliphatic rings. The Labute approximate surface area is 171 Å². The van der Waals surface area contributed by atoms with Crippen molar-refractivity contribution in [2.24, 2.45) is 5.92 Å². The van der Waals surface area contributed by atoms with Crippen molar-refractivity contribution in [2.45, 2.75) is 18.9 Å². The standard InChI is InChI=1S/C21H22N4O3S/c1-28-15-5-6-16-18(8-15)29-21(22-16)23-19(26)12-24-9-13-7-14(11-24)17-3-2-4-20(27)25(17)10-13/h2-6,8,13-14H,7,9-12H2,1H3,(H,22,23,26). The van der Waals surface area contributed by atoms with E-state index in [1.165, 1.54) is 11.3 Å². The smallest absolute Gasteiger partial charge is 0.250 e. The number of pyridine rings is 1. The summed E-state index contributed by atoms with van der Waals surface area (Å²) in [6.45, 7) is 2.71. The SMILES string of the molecule is COc1ccc2nc(NC(=O)CN3CC4CC(C3)c3cccc(=O)n3C4)sc2c1. The molecule has 4 heterocycles. The molecular weight excluding hydrogens is 388 g/mol. The zero-order chi connectivity index (χ0) is 20.0. The lowest BCUT2D eigenvalue weighted by Gasteiger charge is -2.42. The fraction of sp³-hybridized carbons (Fsp3) is 0.381. The number of aromatic nitrogens is 2. The Morgan fingerprint density at radius 3 is 3.03 bits per heavy atom. The number of nitrogens with zero attached hydrogens (tertiary/aromatic N) is 3. The highest BCUT2D eigenvalue weighted by Crippen LogP contribution is 2.35. The molecule has 2 aromatic heterocycles. The van der Waals surface area contributed by atoms with Gasteiger partial charge in [-0.2, -0.15) is 0 Å². The van der Waals surface area contributed by atoms with Crippen molar-refractivity contribution in [3.05, 3.63) is 52.4 Å². The maximum Gasteiger partial charge on any atom is 0.250 e. The molecule has 1 saturated heterocycles. The minimum Gasteiger partial charge on any atom is -0.497 e. The van der Waals surface area contributed by atoms with Crippen molar-refractivity contribution in [1.82, 2.24) is 14.5 Å². The first-order valence-corrected chi connectivity index (χ1v) is 10.6. The maximum atomic E-state index is 12.6. The van der Waals surface area contributed by atoms with Crippen molar-refractivity contribution in [3.8, 4) is 5.75 Å². The van der Waals surface area contributed by atoms with Crippen molar-refractivity contribution >= 4 is 32.6 Å². The number of anilines is 1. The van der Waals surface area contributed by atoms with Crippen LogP contribution in [0.25, 0.3) is 10.2 Å². The Bertz CT molecular complexity index is 1140. The van der Waals surface area contributed by atoms with Gasteiger partial charge in [0, 0.05) is 37.3 Å². The summed E-state index contributed by atoms with van der Waals surface area (Å²) in [6, 6.07) is 11.2. The summed E-state index contributed by atoms with van der Waals surface area (Å²) in [5.41, 5.74) is 2.02. The lowest BCUT2D eigenvalue weighted by atomic mass is 9.83. The van der Waals surface area contributed by atoms with E-state index in [1.54, 1.807) is 13.2 Å². The van der Waals surface area contributed by atoms with Crippen LogP contribution in [0.3, 0.4) is 0 Å². The van der Waals surface area contributed by atoms with E-state index in [0.29, 0.717) is 23.5 Å². The van der Waals surface area contributed by atoms with Gasteiger partial charge in [-0.15, -0.1) is 0 Å². The number of rotatable bonds is 4. The molecular formula is C21H22N4O3S. The first-order chi connectivity index (χ1) is 14.1. The lowest BCUT2D eigenvalue weighted by molar-refractivity contribution is -0.117. The monoisotopic (exact) mass is 410 g/mol. The first-order valence-electron chi connectivity index (χ1n) is 9.75. The molecule has 0 spiro atoms. The summed E-state index contributed by atoms with van der Waals surface area (Å²) < 4.78 is 8.13. The average molecular weight is 410 g/mol. The number of nitrogens with one attached hydrogen (secondary N) is 1. The summed E-state index contributed by atoms with van der Waals surface area (Å²) in [6.07, 6.45) is 1.08. The Kier molecular flexibility index (Phi) is 4.60. The largest absolute Gasteiger partial charge is 0.497 e. The molecule has 150 valence electrons. The molecule has 1 aromatic carbocycles. The van der Waals surface area contributed by atoms with Crippen LogP contribution >= 0.6 is 11.3 Å². The molecule has 1 fully saturated rings. The molecule has 8 heteroatoms. The van der Waals surface area contributed by atoms with Gasteiger partial charge < -0.3 is 14.6 Å². The topological polar surface area (TPSA) is 76.5 Å². The van der Waals surface area contributed by atoms with E-state index in [0.717, 1.165) is 47.7 Å². The van der Waals surface area contributed by atoms with Crippen LogP contribution in [0.5, 0.6) is 5.75 Å². The highest BCUT2D eigenvalue weighted by molar-refractivity contribution is 7.22. The number of likely N-dealkylation sites (tertiary alicyclic amines) is 1. The number of ether oxygens (including phenoxy) is 1. The molecule has 2 bridgehead atoms. The molecule has 29 heavy (non-hydrogen) atoms. The van der Waals surface area contributed by atoms with Gasteiger partial charge in [-0.25, -0.2) is 4.98 Å². The van der Waals surface area contributed by atoms with Crippen LogP contribution in [0.15, 0.2) is 41.2 Å². The van der Waals surface area contributed by atoms with E-state index < -0.39 is 0 Å². The maximum absolute atomic E-state index is 12.6. The molecule has 0 radical (unpaired) electrons. The summed E-state index contributed by atoms with van der Waals surface area (Å²) in [5, 5.41) is 3.54. The molecule has 3 aromatic rings. The number of hydrogen-bond acceptors (Lipinski definition) is 6. The van der Waals surface area contributed by atoms with Crippen molar-refractivity contribution < 1.29 is 9.53 Å². The van der Waals surface area contributed by atoms with Crippen molar-refractivity contribution in [3.63, 3.8) is 0 Å². The molecule has 1 amide bonds. The number of thiazole rings is 1.